The first kappa shape index (κ1) is 23.7. The van der Waals surface area contributed by atoms with E-state index in [-0.39, 0.29) is 0 Å². The van der Waals surface area contributed by atoms with Gasteiger partial charge in [0, 0.05) is 0 Å². The predicted molar refractivity (Wildman–Crippen MR) is 123 cm³/mol. The lowest BCUT2D eigenvalue weighted by molar-refractivity contribution is 0.416. The molecule has 2 nitrogen and oxygen atoms in total. The summed E-state index contributed by atoms with van der Waals surface area (Å²) in [7, 11) is -3.53. The zero-order chi connectivity index (χ0) is 21.9. The molecule has 0 aliphatic carbocycles. The molecule has 0 N–H and O–H groups in total. The van der Waals surface area contributed by atoms with Crippen molar-refractivity contribution in [1.29, 1.82) is 0 Å². The fraction of sp³-hybridized carbons (Fsp3) is 0.538. The maximum Gasteiger partial charge on any atom is 0.206 e. The zero-order valence-corrected chi connectivity index (χ0v) is 20.2. The van der Waals surface area contributed by atoms with Crippen molar-refractivity contribution in [3.05, 3.63) is 58.7 Å². The Morgan fingerprint density at radius 3 is 1.31 bits per heavy atom. The Hall–Kier alpha value is -1.61. The molecule has 0 radical (unpaired) electrons. The highest BCUT2D eigenvalue weighted by Gasteiger charge is 2.21. The number of rotatable bonds is 8. The Labute approximate surface area is 178 Å². The largest absolute Gasteiger partial charge is 0.219 e. The summed E-state index contributed by atoms with van der Waals surface area (Å²) in [4.78, 5) is 0.807. The van der Waals surface area contributed by atoms with E-state index in [0.29, 0.717) is 33.5 Å². The number of sulfone groups is 1. The van der Waals surface area contributed by atoms with E-state index in [1.807, 2.05) is 24.3 Å². The Balaban J connectivity index is 2.43. The molecule has 0 fully saturated rings. The van der Waals surface area contributed by atoms with Crippen LogP contribution in [0.4, 0.5) is 0 Å². The summed E-state index contributed by atoms with van der Waals surface area (Å²) in [5, 5.41) is 0. The maximum absolute atomic E-state index is 13.4. The average molecular weight is 415 g/mol. The van der Waals surface area contributed by atoms with E-state index in [1.165, 1.54) is 0 Å². The summed E-state index contributed by atoms with van der Waals surface area (Å²) in [6.07, 6.45) is 1.80. The summed E-state index contributed by atoms with van der Waals surface area (Å²) >= 11 is 0. The normalized spacial score (nSPS) is 14.4. The van der Waals surface area contributed by atoms with Crippen LogP contribution in [-0.4, -0.2) is 8.42 Å². The summed E-state index contributed by atoms with van der Waals surface area (Å²) in [6.45, 7) is 17.4. The number of benzene rings is 2. The van der Waals surface area contributed by atoms with Crippen molar-refractivity contribution in [2.24, 2.45) is 23.7 Å². The van der Waals surface area contributed by atoms with Gasteiger partial charge in [0.15, 0.2) is 0 Å². The van der Waals surface area contributed by atoms with Crippen LogP contribution in [0.1, 0.15) is 63.8 Å². The van der Waals surface area contributed by atoms with Gasteiger partial charge in [-0.15, -0.1) is 0 Å². The molecule has 2 atom stereocenters. The first-order valence-electron chi connectivity index (χ1n) is 10.9. The predicted octanol–water partition coefficient (Wildman–Crippen LogP) is 6.81. The van der Waals surface area contributed by atoms with Crippen LogP contribution in [0.5, 0.6) is 0 Å². The Kier molecular flexibility index (Phi) is 7.73. The molecule has 0 bridgehead atoms. The molecule has 0 amide bonds. The van der Waals surface area contributed by atoms with Crippen molar-refractivity contribution in [1.82, 2.24) is 0 Å². The van der Waals surface area contributed by atoms with E-state index >= 15 is 0 Å². The molecule has 0 heterocycles. The van der Waals surface area contributed by atoms with Gasteiger partial charge in [-0.25, -0.2) is 8.42 Å². The van der Waals surface area contributed by atoms with Gasteiger partial charge in [-0.05, 0) is 96.9 Å². The molecule has 0 saturated carbocycles. The van der Waals surface area contributed by atoms with E-state index in [1.54, 1.807) is 12.1 Å². The van der Waals surface area contributed by atoms with Crippen LogP contribution in [0.15, 0.2) is 46.2 Å². The van der Waals surface area contributed by atoms with Crippen LogP contribution in [-0.2, 0) is 22.7 Å². The number of hydrogen-bond donors (Lipinski definition) is 0. The summed E-state index contributed by atoms with van der Waals surface area (Å²) < 4.78 is 26.8. The molecule has 2 aromatic rings. The van der Waals surface area contributed by atoms with E-state index in [2.05, 4.69) is 55.4 Å². The minimum absolute atomic E-state index is 0.403. The molecule has 160 valence electrons. The second kappa shape index (κ2) is 9.47. The molecule has 0 saturated heterocycles. The summed E-state index contributed by atoms with van der Waals surface area (Å²) in [6, 6.07) is 11.2. The van der Waals surface area contributed by atoms with Crippen molar-refractivity contribution >= 4 is 9.84 Å². The van der Waals surface area contributed by atoms with Crippen molar-refractivity contribution in [3.63, 3.8) is 0 Å². The third-order valence-electron chi connectivity index (χ3n) is 6.62. The van der Waals surface area contributed by atoms with Crippen LogP contribution < -0.4 is 0 Å². The molecule has 0 spiro atoms. The lowest BCUT2D eigenvalue weighted by Crippen LogP contribution is -2.11. The highest BCUT2D eigenvalue weighted by Crippen LogP contribution is 2.28. The van der Waals surface area contributed by atoms with E-state index in [4.69, 9.17) is 0 Å². The van der Waals surface area contributed by atoms with E-state index in [9.17, 15) is 8.42 Å². The standard InChI is InChI=1S/C26H38O2S/c1-17(2)21(7)13-23-15-25(11-9-19(23)5)29(27,28)26-12-10-20(6)24(16-26)14-22(8)18(3)4/h9-12,15-18,21-22H,13-14H2,1-8H3. The van der Waals surface area contributed by atoms with Crippen LogP contribution in [0.25, 0.3) is 0 Å². The van der Waals surface area contributed by atoms with E-state index < -0.39 is 9.84 Å². The van der Waals surface area contributed by atoms with Crippen molar-refractivity contribution < 1.29 is 8.42 Å². The molecular weight excluding hydrogens is 376 g/mol. The Morgan fingerprint density at radius 1 is 0.655 bits per heavy atom. The molecule has 3 heteroatoms. The fourth-order valence-electron chi connectivity index (χ4n) is 3.37. The minimum atomic E-state index is -3.53. The van der Waals surface area contributed by atoms with Crippen LogP contribution in [0.3, 0.4) is 0 Å². The fourth-order valence-corrected chi connectivity index (χ4v) is 4.73. The van der Waals surface area contributed by atoms with Crippen molar-refractivity contribution in [2.75, 3.05) is 0 Å². The van der Waals surface area contributed by atoms with Gasteiger partial charge in [0.25, 0.3) is 0 Å². The second-order valence-electron chi connectivity index (χ2n) is 9.53. The highest BCUT2D eigenvalue weighted by atomic mass is 32.2. The highest BCUT2D eigenvalue weighted by molar-refractivity contribution is 7.91. The zero-order valence-electron chi connectivity index (χ0n) is 19.4. The number of aryl methyl sites for hydroxylation is 2. The minimum Gasteiger partial charge on any atom is -0.219 e. The van der Waals surface area contributed by atoms with Gasteiger partial charge in [-0.2, -0.15) is 0 Å². The lowest BCUT2D eigenvalue weighted by atomic mass is 9.89. The average Bonchev–Trinajstić information content (AvgIpc) is 2.64. The summed E-state index contributed by atoms with van der Waals surface area (Å²) in [5.74, 6) is 2.15. The van der Waals surface area contributed by atoms with Gasteiger partial charge in [0.05, 0.1) is 9.79 Å². The molecule has 0 aliphatic rings. The van der Waals surface area contributed by atoms with Gasteiger partial charge in [0.1, 0.15) is 0 Å². The van der Waals surface area contributed by atoms with Crippen LogP contribution >= 0.6 is 0 Å². The van der Waals surface area contributed by atoms with Gasteiger partial charge in [0.2, 0.25) is 9.84 Å². The van der Waals surface area contributed by atoms with E-state index in [0.717, 1.165) is 35.1 Å². The summed E-state index contributed by atoms with van der Waals surface area (Å²) in [5.41, 5.74) is 4.58. The second-order valence-corrected chi connectivity index (χ2v) is 11.5. The monoisotopic (exact) mass is 414 g/mol. The van der Waals surface area contributed by atoms with Gasteiger partial charge >= 0.3 is 0 Å². The quantitative estimate of drug-likeness (QED) is 0.476. The Bertz CT molecular complexity index is 868. The molecule has 0 aromatic heterocycles. The molecule has 0 aliphatic heterocycles. The topological polar surface area (TPSA) is 34.1 Å². The first-order valence-corrected chi connectivity index (χ1v) is 12.4. The van der Waals surface area contributed by atoms with Crippen molar-refractivity contribution in [2.45, 2.75) is 78.0 Å². The third-order valence-corrected chi connectivity index (χ3v) is 8.37. The maximum atomic E-state index is 13.4. The van der Waals surface area contributed by atoms with Gasteiger partial charge in [-0.3, -0.25) is 0 Å². The molecule has 2 aromatic carbocycles. The third kappa shape index (κ3) is 5.72. The van der Waals surface area contributed by atoms with Crippen molar-refractivity contribution in [3.8, 4) is 0 Å². The molecular formula is C26H38O2S. The van der Waals surface area contributed by atoms with Crippen LogP contribution in [0.2, 0.25) is 0 Å². The van der Waals surface area contributed by atoms with Crippen LogP contribution in [0, 0.1) is 37.5 Å². The molecule has 29 heavy (non-hydrogen) atoms. The molecule has 2 unspecified atom stereocenters. The lowest BCUT2D eigenvalue weighted by Gasteiger charge is -2.19. The van der Waals surface area contributed by atoms with Gasteiger partial charge in [-0.1, -0.05) is 53.7 Å². The SMILES string of the molecule is Cc1ccc(S(=O)(=O)c2ccc(C)c(CC(C)C(C)C)c2)cc1CC(C)C(C)C. The van der Waals surface area contributed by atoms with Gasteiger partial charge < -0.3 is 0 Å². The number of hydrogen-bond acceptors (Lipinski definition) is 2. The molecule has 2 rings (SSSR count). The first-order chi connectivity index (χ1) is 13.4. The smallest absolute Gasteiger partial charge is 0.206 e. The Morgan fingerprint density at radius 2 is 1.00 bits per heavy atom.